The summed E-state index contributed by atoms with van der Waals surface area (Å²) in [7, 11) is -3.67. The van der Waals surface area contributed by atoms with Crippen molar-refractivity contribution in [3.05, 3.63) is 6.92 Å². The molecule has 2 N–H and O–H groups in total. The Morgan fingerprint density at radius 3 is 1.85 bits per heavy atom. The monoisotopic (exact) mass is 240 g/mol. The van der Waals surface area contributed by atoms with Crippen LogP contribution in [-0.4, -0.2) is 35.8 Å². The van der Waals surface area contributed by atoms with Gasteiger partial charge in [0.25, 0.3) is 10.1 Å². The molecule has 0 aliphatic heterocycles. The van der Waals surface area contributed by atoms with Crippen LogP contribution in [0.25, 0.3) is 0 Å². The summed E-state index contributed by atoms with van der Waals surface area (Å²) in [6.07, 6.45) is -0.129. The minimum absolute atomic E-state index is 0. The third-order valence-corrected chi connectivity index (χ3v) is 1.92. The summed E-state index contributed by atoms with van der Waals surface area (Å²) in [5, 5.41) is 8.12. The second kappa shape index (κ2) is 11.2. The summed E-state index contributed by atoms with van der Waals surface area (Å²) >= 11 is 5.02. The van der Waals surface area contributed by atoms with Gasteiger partial charge in [-0.1, -0.05) is 13.0 Å². The minimum atomic E-state index is -3.67. The van der Waals surface area contributed by atoms with E-state index in [1.807, 2.05) is 0 Å². The minimum Gasteiger partial charge on any atom is -0.424 e. The van der Waals surface area contributed by atoms with Crippen LogP contribution < -0.4 is 29.6 Å². The molecule has 0 aromatic rings. The van der Waals surface area contributed by atoms with Gasteiger partial charge in [0.2, 0.25) is 0 Å². The number of aliphatic hydroxyl groups excluding tert-OH is 1. The van der Waals surface area contributed by atoms with Crippen LogP contribution in [0, 0.1) is 6.92 Å². The Balaban J connectivity index is -0.000000150. The third kappa shape index (κ3) is 32.0. The topological polar surface area (TPSA) is 74.6 Å². The first kappa shape index (κ1) is 19.7. The molecule has 0 saturated heterocycles. The molecule has 7 heteroatoms. The van der Waals surface area contributed by atoms with Gasteiger partial charge in [0, 0.05) is 5.88 Å². The van der Waals surface area contributed by atoms with Crippen molar-refractivity contribution in [3.63, 3.8) is 0 Å². The van der Waals surface area contributed by atoms with Crippen molar-refractivity contribution < 1.29 is 47.6 Å². The van der Waals surface area contributed by atoms with Crippen LogP contribution in [0.5, 0.6) is 0 Å². The Bertz CT molecular complexity index is 181. The summed E-state index contributed by atoms with van der Waals surface area (Å²) in [5.74, 6) is 0.0903. The summed E-state index contributed by atoms with van der Waals surface area (Å²) in [6.45, 7) is 4.87. The van der Waals surface area contributed by atoms with Crippen LogP contribution in [0.1, 0.15) is 13.3 Å². The Morgan fingerprint density at radius 1 is 1.54 bits per heavy atom. The summed E-state index contributed by atoms with van der Waals surface area (Å²) in [6, 6.07) is 0. The zero-order valence-electron chi connectivity index (χ0n) is 7.90. The van der Waals surface area contributed by atoms with Gasteiger partial charge in [0.15, 0.2) is 0 Å². The smallest absolute Gasteiger partial charge is 0.424 e. The number of aliphatic hydroxyl groups is 1. The van der Waals surface area contributed by atoms with E-state index >= 15 is 0 Å². The second-order valence-electron chi connectivity index (χ2n) is 2.09. The number of hydrogen-bond acceptors (Lipinski definition) is 3. The molecule has 1 atom stereocenters. The van der Waals surface area contributed by atoms with Gasteiger partial charge in [-0.15, -0.1) is 11.6 Å². The van der Waals surface area contributed by atoms with Crippen molar-refractivity contribution in [2.75, 3.05) is 11.6 Å². The average Bonchev–Trinajstić information content (AvgIpc) is 1.86. The van der Waals surface area contributed by atoms with Gasteiger partial charge in [0.1, 0.15) is 0 Å². The molecule has 0 aromatic carbocycles. The SMILES string of the molecule is CCCS(=O)(=O)O.[CH2-]C(O)CCl.[Na+]. The van der Waals surface area contributed by atoms with Gasteiger partial charge in [0.05, 0.1) is 5.75 Å². The quantitative estimate of drug-likeness (QED) is 0.252. The van der Waals surface area contributed by atoms with E-state index in [1.165, 1.54) is 0 Å². The molecule has 1 unspecified atom stereocenters. The van der Waals surface area contributed by atoms with E-state index in [2.05, 4.69) is 6.92 Å². The molecule has 0 aliphatic carbocycles. The Labute approximate surface area is 107 Å². The van der Waals surface area contributed by atoms with Crippen molar-refractivity contribution in [1.29, 1.82) is 0 Å². The predicted octanol–water partition coefficient (Wildman–Crippen LogP) is -2.29. The largest absolute Gasteiger partial charge is 1.00 e. The maximum atomic E-state index is 9.79. The van der Waals surface area contributed by atoms with Gasteiger partial charge >= 0.3 is 29.6 Å². The van der Waals surface area contributed by atoms with E-state index in [9.17, 15) is 8.42 Å². The van der Waals surface area contributed by atoms with Crippen LogP contribution in [-0.2, 0) is 10.1 Å². The van der Waals surface area contributed by atoms with E-state index in [1.54, 1.807) is 6.92 Å². The van der Waals surface area contributed by atoms with Crippen molar-refractivity contribution >= 4 is 21.7 Å². The van der Waals surface area contributed by atoms with Crippen molar-refractivity contribution in [2.24, 2.45) is 0 Å². The van der Waals surface area contributed by atoms with Crippen molar-refractivity contribution in [3.8, 4) is 0 Å². The van der Waals surface area contributed by atoms with E-state index in [-0.39, 0.29) is 41.2 Å². The van der Waals surface area contributed by atoms with Crippen LogP contribution in [0.15, 0.2) is 0 Å². The molecule has 0 amide bonds. The van der Waals surface area contributed by atoms with Gasteiger partial charge in [-0.25, -0.2) is 0 Å². The average molecular weight is 241 g/mol. The molecule has 0 spiro atoms. The maximum absolute atomic E-state index is 9.79. The van der Waals surface area contributed by atoms with E-state index in [0.29, 0.717) is 6.42 Å². The van der Waals surface area contributed by atoms with Crippen molar-refractivity contribution in [1.82, 2.24) is 0 Å². The number of alkyl halides is 1. The zero-order chi connectivity index (χ0) is 10.2. The Kier molecular flexibility index (Phi) is 17.0. The maximum Gasteiger partial charge on any atom is 1.00 e. The third-order valence-electron chi connectivity index (χ3n) is 0.640. The molecule has 0 radical (unpaired) electrons. The summed E-state index contributed by atoms with van der Waals surface area (Å²) in [4.78, 5) is 0. The molecule has 13 heavy (non-hydrogen) atoms. The van der Waals surface area contributed by atoms with Crippen LogP contribution >= 0.6 is 11.6 Å². The molecule has 0 bridgehead atoms. The zero-order valence-corrected chi connectivity index (χ0v) is 11.5. The Hall–Kier alpha value is 1.16. The first-order valence-electron chi connectivity index (χ1n) is 3.35. The molecule has 0 heterocycles. The van der Waals surface area contributed by atoms with Gasteiger partial charge in [-0.05, 0) is 6.42 Å². The summed E-state index contributed by atoms with van der Waals surface area (Å²) < 4.78 is 27.6. The van der Waals surface area contributed by atoms with Crippen molar-refractivity contribution in [2.45, 2.75) is 19.4 Å². The molecule has 0 saturated carbocycles. The fraction of sp³-hybridized carbons (Fsp3) is 0.833. The number of hydrogen-bond donors (Lipinski definition) is 2. The summed E-state index contributed by atoms with van der Waals surface area (Å²) in [5.41, 5.74) is 0. The van der Waals surface area contributed by atoms with E-state index in [0.717, 1.165) is 0 Å². The fourth-order valence-corrected chi connectivity index (χ4v) is 0.774. The Morgan fingerprint density at radius 2 is 1.85 bits per heavy atom. The molecule has 0 aliphatic rings. The first-order chi connectivity index (χ1) is 5.33. The van der Waals surface area contributed by atoms with Crippen LogP contribution in [0.2, 0.25) is 0 Å². The van der Waals surface area contributed by atoms with Gasteiger partial charge in [-0.2, -0.15) is 8.42 Å². The number of halogens is 1. The standard InChI is InChI=1S/C3H6ClO.C3H8O3S.Na/c1-3(5)2-4;1-2-3-7(4,5)6;/h3,5H,1-2H2;2-3H2,1H3,(H,4,5,6);/q-1;;+1. The van der Waals surface area contributed by atoms with Crippen LogP contribution in [0.4, 0.5) is 0 Å². The molecule has 0 aromatic heterocycles. The van der Waals surface area contributed by atoms with Gasteiger partial charge in [-0.3, -0.25) is 4.55 Å². The normalized spacial score (nSPS) is 12.1. The van der Waals surface area contributed by atoms with Crippen LogP contribution in [0.3, 0.4) is 0 Å². The second-order valence-corrected chi connectivity index (χ2v) is 3.97. The van der Waals surface area contributed by atoms with E-state index < -0.39 is 16.2 Å². The molecular weight excluding hydrogens is 227 g/mol. The molecule has 0 fully saturated rings. The first-order valence-corrected chi connectivity index (χ1v) is 5.50. The molecule has 0 rings (SSSR count). The number of rotatable bonds is 3. The van der Waals surface area contributed by atoms with E-state index in [4.69, 9.17) is 21.3 Å². The fourth-order valence-electron chi connectivity index (χ4n) is 0.258. The van der Waals surface area contributed by atoms with Gasteiger partial charge < -0.3 is 12.0 Å². The molecular formula is C6H14ClNaO4S. The molecule has 76 valence electrons. The predicted molar refractivity (Wildman–Crippen MR) is 48.8 cm³/mol. The molecule has 4 nitrogen and oxygen atoms in total.